The summed E-state index contributed by atoms with van der Waals surface area (Å²) in [6, 6.07) is 0. The Bertz CT molecular complexity index is 422. The molecule has 7 nitrogen and oxygen atoms in total. The van der Waals surface area contributed by atoms with Gasteiger partial charge in [-0.05, 0) is 13.8 Å². The second-order valence-corrected chi connectivity index (χ2v) is 4.02. The highest BCUT2D eigenvalue weighted by Crippen LogP contribution is 2.09. The third kappa shape index (κ3) is 17.5. The number of ether oxygens (including phenoxy) is 4. The number of carbonyl (C=O) groups excluding carboxylic acids is 3. The van der Waals surface area contributed by atoms with Crippen molar-refractivity contribution in [3.05, 3.63) is 37.5 Å². The molecule has 0 radical (unpaired) electrons. The fourth-order valence-corrected chi connectivity index (χ4v) is 0.741. The molecule has 1 aliphatic heterocycles. The summed E-state index contributed by atoms with van der Waals surface area (Å²) in [7, 11) is 1.31. The summed E-state index contributed by atoms with van der Waals surface area (Å²) in [5, 5.41) is 0. The zero-order valence-corrected chi connectivity index (χ0v) is 13.8. The van der Waals surface area contributed by atoms with E-state index in [1.165, 1.54) is 7.11 Å². The predicted molar refractivity (Wildman–Crippen MR) is 84.6 cm³/mol. The molecule has 23 heavy (non-hydrogen) atoms. The largest absolute Gasteiger partial charge is 0.466 e. The van der Waals surface area contributed by atoms with E-state index in [1.54, 1.807) is 13.8 Å². The fraction of sp³-hybridized carbons (Fsp3) is 0.438. The zero-order chi connectivity index (χ0) is 18.3. The lowest BCUT2D eigenvalue weighted by atomic mass is 10.4. The number of hydrogen-bond donors (Lipinski definition) is 0. The topological polar surface area (TPSA) is 91.4 Å². The molecule has 0 aromatic heterocycles. The summed E-state index contributed by atoms with van der Waals surface area (Å²) >= 11 is 0. The first-order valence-corrected chi connectivity index (χ1v) is 6.76. The van der Waals surface area contributed by atoms with Gasteiger partial charge in [-0.25, -0.2) is 14.4 Å². The molecule has 1 saturated heterocycles. The third-order valence-electron chi connectivity index (χ3n) is 1.97. The first-order valence-electron chi connectivity index (χ1n) is 6.76. The summed E-state index contributed by atoms with van der Waals surface area (Å²) in [5.74, 6) is -1.09. The molecule has 1 atom stereocenters. The smallest absolute Gasteiger partial charge is 0.333 e. The predicted octanol–water partition coefficient (Wildman–Crippen LogP) is 1.59. The molecule has 1 heterocycles. The molecule has 0 saturated carbocycles. The minimum atomic E-state index is -0.394. The normalized spacial score (nSPS) is 13.6. The van der Waals surface area contributed by atoms with E-state index >= 15 is 0 Å². The van der Waals surface area contributed by atoms with Crippen LogP contribution in [0.1, 0.15) is 13.8 Å². The van der Waals surface area contributed by atoms with E-state index in [2.05, 4.69) is 29.2 Å². The second kappa shape index (κ2) is 14.5. The van der Waals surface area contributed by atoms with Gasteiger partial charge in [0, 0.05) is 17.7 Å². The molecule has 130 valence electrons. The van der Waals surface area contributed by atoms with Gasteiger partial charge in [0.2, 0.25) is 0 Å². The van der Waals surface area contributed by atoms with Gasteiger partial charge in [-0.3, -0.25) is 0 Å². The molecule has 0 amide bonds. The first kappa shape index (κ1) is 22.9. The van der Waals surface area contributed by atoms with Gasteiger partial charge in [-0.1, -0.05) is 19.7 Å². The van der Waals surface area contributed by atoms with E-state index in [9.17, 15) is 14.4 Å². The summed E-state index contributed by atoms with van der Waals surface area (Å²) in [6.07, 6.45) is 2.40. The van der Waals surface area contributed by atoms with Crippen LogP contribution in [0.3, 0.4) is 0 Å². The number of esters is 3. The van der Waals surface area contributed by atoms with Gasteiger partial charge in [0.05, 0.1) is 20.3 Å². The highest BCUT2D eigenvalue weighted by Gasteiger charge is 2.24. The van der Waals surface area contributed by atoms with E-state index in [0.717, 1.165) is 12.2 Å². The van der Waals surface area contributed by atoms with Crippen molar-refractivity contribution in [1.82, 2.24) is 0 Å². The summed E-state index contributed by atoms with van der Waals surface area (Å²) < 4.78 is 18.2. The number of rotatable bonds is 6. The zero-order valence-electron chi connectivity index (χ0n) is 13.8. The number of carbonyl (C=O) groups is 3. The highest BCUT2D eigenvalue weighted by atomic mass is 16.6. The molecular formula is C16H24O7. The van der Waals surface area contributed by atoms with Crippen LogP contribution in [-0.4, -0.2) is 50.9 Å². The van der Waals surface area contributed by atoms with Crippen molar-refractivity contribution < 1.29 is 33.3 Å². The molecule has 0 aromatic carbocycles. The van der Waals surface area contributed by atoms with E-state index in [1.807, 2.05) is 0 Å². The van der Waals surface area contributed by atoms with Crippen molar-refractivity contribution in [1.29, 1.82) is 0 Å². The lowest BCUT2D eigenvalue weighted by Gasteiger charge is -1.99. The molecule has 0 aliphatic carbocycles. The molecular weight excluding hydrogens is 304 g/mol. The van der Waals surface area contributed by atoms with Gasteiger partial charge in [0.15, 0.2) is 0 Å². The average Bonchev–Trinajstić information content (AvgIpc) is 3.37. The lowest BCUT2D eigenvalue weighted by molar-refractivity contribution is -0.139. The highest BCUT2D eigenvalue weighted by molar-refractivity contribution is 5.86. The van der Waals surface area contributed by atoms with Crippen LogP contribution in [0.2, 0.25) is 0 Å². The van der Waals surface area contributed by atoms with Gasteiger partial charge in [-0.2, -0.15) is 0 Å². The molecule has 1 aliphatic rings. The molecule has 1 fully saturated rings. The Kier molecular flexibility index (Phi) is 14.4. The quantitative estimate of drug-likeness (QED) is 0.316. The van der Waals surface area contributed by atoms with Gasteiger partial charge >= 0.3 is 17.9 Å². The van der Waals surface area contributed by atoms with E-state index < -0.39 is 5.97 Å². The van der Waals surface area contributed by atoms with Crippen LogP contribution in [0, 0.1) is 0 Å². The van der Waals surface area contributed by atoms with Crippen molar-refractivity contribution >= 4 is 17.9 Å². The summed E-state index contributed by atoms with van der Waals surface area (Å²) in [4.78, 5) is 30.6. The Balaban J connectivity index is 0. The molecule has 0 spiro atoms. The van der Waals surface area contributed by atoms with Crippen LogP contribution in [0.25, 0.3) is 0 Å². The Hall–Kier alpha value is -2.41. The van der Waals surface area contributed by atoms with Crippen LogP contribution in [-0.2, 0) is 33.3 Å². The molecule has 1 unspecified atom stereocenters. The Labute approximate surface area is 136 Å². The number of methoxy groups -OCH3 is 1. The summed E-state index contributed by atoms with van der Waals surface area (Å²) in [5.41, 5.74) is 0.431. The minimum Gasteiger partial charge on any atom is -0.466 e. The van der Waals surface area contributed by atoms with Crippen LogP contribution in [0.15, 0.2) is 37.5 Å². The Morgan fingerprint density at radius 3 is 1.91 bits per heavy atom. The van der Waals surface area contributed by atoms with E-state index in [0.29, 0.717) is 25.4 Å². The maximum Gasteiger partial charge on any atom is 0.333 e. The maximum atomic E-state index is 10.7. The molecule has 0 aromatic rings. The minimum absolute atomic E-state index is 0.142. The number of epoxide rings is 1. The lowest BCUT2D eigenvalue weighted by Crippen LogP contribution is -2.09. The van der Waals surface area contributed by atoms with Crippen molar-refractivity contribution in [3.63, 3.8) is 0 Å². The third-order valence-corrected chi connectivity index (χ3v) is 1.97. The van der Waals surface area contributed by atoms with Crippen molar-refractivity contribution in [3.8, 4) is 0 Å². The number of hydrogen-bond acceptors (Lipinski definition) is 7. The van der Waals surface area contributed by atoms with Gasteiger partial charge in [0.1, 0.15) is 12.7 Å². The van der Waals surface area contributed by atoms with Crippen molar-refractivity contribution in [2.24, 2.45) is 0 Å². The standard InChI is InChI=1S/C7H10O3.C5H8O2.C4H6O2/c1-5(2)7(8)10-4-6-3-9-6;1-3-5(6)7-4-2;1-3-4(5)6-2/h6H,1,3-4H2,2H3;3H,1,4H2,2H3;3H,1H2,2H3. The SMILES string of the molecule is C=C(C)C(=O)OCC1CO1.C=CC(=O)OC.C=CC(=O)OCC. The molecule has 0 bridgehead atoms. The van der Waals surface area contributed by atoms with Crippen molar-refractivity contribution in [2.75, 3.05) is 26.9 Å². The van der Waals surface area contributed by atoms with Gasteiger partial charge < -0.3 is 18.9 Å². The second-order valence-electron chi connectivity index (χ2n) is 4.02. The summed E-state index contributed by atoms with van der Waals surface area (Å²) in [6.45, 7) is 14.7. The van der Waals surface area contributed by atoms with Gasteiger partial charge in [0.25, 0.3) is 0 Å². The van der Waals surface area contributed by atoms with Crippen LogP contribution in [0.5, 0.6) is 0 Å². The fourth-order valence-electron chi connectivity index (χ4n) is 0.741. The van der Waals surface area contributed by atoms with Crippen LogP contribution >= 0.6 is 0 Å². The molecule has 1 rings (SSSR count). The van der Waals surface area contributed by atoms with E-state index in [4.69, 9.17) is 9.47 Å². The molecule has 7 heteroatoms. The van der Waals surface area contributed by atoms with Gasteiger partial charge in [-0.15, -0.1) is 0 Å². The Morgan fingerprint density at radius 2 is 1.70 bits per heavy atom. The van der Waals surface area contributed by atoms with E-state index in [-0.39, 0.29) is 18.0 Å². The maximum absolute atomic E-state index is 10.7. The monoisotopic (exact) mass is 328 g/mol. The average molecular weight is 328 g/mol. The Morgan fingerprint density at radius 1 is 1.17 bits per heavy atom. The molecule has 0 N–H and O–H groups in total. The first-order chi connectivity index (χ1) is 10.8. The van der Waals surface area contributed by atoms with Crippen LogP contribution < -0.4 is 0 Å². The van der Waals surface area contributed by atoms with Crippen LogP contribution in [0.4, 0.5) is 0 Å². The van der Waals surface area contributed by atoms with Crippen molar-refractivity contribution in [2.45, 2.75) is 20.0 Å².